The van der Waals surface area contributed by atoms with Crippen LogP contribution < -0.4 is 5.32 Å². The van der Waals surface area contributed by atoms with Gasteiger partial charge >= 0.3 is 0 Å². The van der Waals surface area contributed by atoms with Crippen LogP contribution in [0.4, 0.5) is 0 Å². The van der Waals surface area contributed by atoms with Crippen LogP contribution in [-0.4, -0.2) is 42.7 Å². The summed E-state index contributed by atoms with van der Waals surface area (Å²) in [5, 5.41) is 4.04. The first-order chi connectivity index (χ1) is 13.0. The minimum absolute atomic E-state index is 0.0459. The lowest BCUT2D eigenvalue weighted by atomic mass is 9.75. The first-order valence-corrected chi connectivity index (χ1v) is 9.26. The number of amides is 1. The summed E-state index contributed by atoms with van der Waals surface area (Å²) < 4.78 is 5.43. The van der Waals surface area contributed by atoms with Crippen LogP contribution in [0.15, 0.2) is 30.5 Å². The number of carbonyl (C=O) groups excluding carboxylic acids is 3. The third kappa shape index (κ3) is 5.04. The summed E-state index contributed by atoms with van der Waals surface area (Å²) in [5.41, 5.74) is 1.25. The lowest BCUT2D eigenvalue weighted by Gasteiger charge is -2.33. The third-order valence-corrected chi connectivity index (χ3v) is 5.16. The van der Waals surface area contributed by atoms with Gasteiger partial charge in [-0.2, -0.15) is 0 Å². The molecule has 2 N–H and O–H groups in total. The van der Waals surface area contributed by atoms with Gasteiger partial charge in [0, 0.05) is 37.2 Å². The molecule has 0 aliphatic carbocycles. The molecule has 6 heteroatoms. The van der Waals surface area contributed by atoms with Crippen LogP contribution in [-0.2, 0) is 25.5 Å². The van der Waals surface area contributed by atoms with E-state index >= 15 is 0 Å². The number of methoxy groups -OCH3 is 1. The van der Waals surface area contributed by atoms with Crippen molar-refractivity contribution in [1.29, 1.82) is 0 Å². The van der Waals surface area contributed by atoms with Gasteiger partial charge in [-0.3, -0.25) is 9.59 Å². The maximum absolute atomic E-state index is 12.4. The highest BCUT2D eigenvalue weighted by molar-refractivity contribution is 5.84. The normalized spacial score (nSPS) is 14.5. The number of Topliss-reactive ketones (excluding diaryl/α,β-unsaturated/α-hetero) is 1. The van der Waals surface area contributed by atoms with Crippen LogP contribution >= 0.6 is 0 Å². The molecule has 1 aromatic carbocycles. The number of ether oxygens (including phenoxy) is 1. The van der Waals surface area contributed by atoms with Crippen molar-refractivity contribution in [2.75, 3.05) is 13.7 Å². The molecule has 0 saturated carbocycles. The fraction of sp³-hybridized carbons (Fsp3) is 0.476. The molecule has 6 nitrogen and oxygen atoms in total. The van der Waals surface area contributed by atoms with Crippen molar-refractivity contribution in [2.24, 2.45) is 5.41 Å². The number of hydrogen-bond acceptors (Lipinski definition) is 4. The summed E-state index contributed by atoms with van der Waals surface area (Å²) in [6.45, 7) is 3.77. The molecule has 1 aromatic heterocycles. The molecule has 0 aliphatic heterocycles. The number of rotatable bonds is 11. The van der Waals surface area contributed by atoms with Gasteiger partial charge in [0.15, 0.2) is 0 Å². The predicted molar refractivity (Wildman–Crippen MR) is 105 cm³/mol. The number of H-pyrrole nitrogens is 1. The number of para-hydroxylation sites is 1. The van der Waals surface area contributed by atoms with Gasteiger partial charge in [0.2, 0.25) is 5.91 Å². The van der Waals surface area contributed by atoms with Crippen LogP contribution in [0.25, 0.3) is 10.9 Å². The molecule has 0 unspecified atom stereocenters. The van der Waals surface area contributed by atoms with Gasteiger partial charge in [-0.25, -0.2) is 0 Å². The Morgan fingerprint density at radius 1 is 1.33 bits per heavy atom. The summed E-state index contributed by atoms with van der Waals surface area (Å²) in [4.78, 5) is 38.9. The number of hydrogen-bond donors (Lipinski definition) is 2. The van der Waals surface area contributed by atoms with E-state index in [0.717, 1.165) is 22.8 Å². The number of aromatic nitrogens is 1. The van der Waals surface area contributed by atoms with Gasteiger partial charge in [-0.1, -0.05) is 25.1 Å². The van der Waals surface area contributed by atoms with Crippen molar-refractivity contribution in [1.82, 2.24) is 10.3 Å². The van der Waals surface area contributed by atoms with Crippen LogP contribution in [0.2, 0.25) is 0 Å². The smallest absolute Gasteiger partial charge is 0.222 e. The predicted octanol–water partition coefficient (Wildman–Crippen LogP) is 2.81. The molecular formula is C21H28N2O4. The Hall–Kier alpha value is -2.47. The van der Waals surface area contributed by atoms with Gasteiger partial charge in [0.1, 0.15) is 12.1 Å². The van der Waals surface area contributed by atoms with E-state index in [9.17, 15) is 14.4 Å². The van der Waals surface area contributed by atoms with E-state index < -0.39 is 11.5 Å². The third-order valence-electron chi connectivity index (χ3n) is 5.16. The van der Waals surface area contributed by atoms with Crippen molar-refractivity contribution in [2.45, 2.75) is 45.6 Å². The number of nitrogens with one attached hydrogen (secondary N) is 2. The van der Waals surface area contributed by atoms with Crippen LogP contribution in [0, 0.1) is 5.41 Å². The van der Waals surface area contributed by atoms with Gasteiger partial charge in [-0.15, -0.1) is 0 Å². The molecule has 27 heavy (non-hydrogen) atoms. The lowest BCUT2D eigenvalue weighted by Crippen LogP contribution is -2.43. The quantitative estimate of drug-likeness (QED) is 0.594. The number of ketones is 1. The Morgan fingerprint density at radius 3 is 2.70 bits per heavy atom. The van der Waals surface area contributed by atoms with Gasteiger partial charge in [-0.05, 0) is 31.4 Å². The molecule has 1 amide bonds. The minimum atomic E-state index is -0.964. The molecular weight excluding hydrogens is 344 g/mol. The SMILES string of the molecule is CC[C@@](C=O)(CC(C)=O)[C@H](CC(=O)NCCc1c[nH]c2ccccc12)OC. The zero-order valence-corrected chi connectivity index (χ0v) is 16.2. The van der Waals surface area contributed by atoms with Gasteiger partial charge in [0.05, 0.1) is 17.9 Å². The number of aromatic amines is 1. The fourth-order valence-corrected chi connectivity index (χ4v) is 3.57. The summed E-state index contributed by atoms with van der Waals surface area (Å²) in [5.74, 6) is -0.282. The summed E-state index contributed by atoms with van der Waals surface area (Å²) in [6, 6.07) is 8.02. The zero-order valence-electron chi connectivity index (χ0n) is 16.2. The molecule has 0 saturated heterocycles. The molecule has 0 radical (unpaired) electrons. The van der Waals surface area contributed by atoms with E-state index in [1.54, 1.807) is 0 Å². The number of aldehydes is 1. The van der Waals surface area contributed by atoms with Crippen molar-refractivity contribution in [3.63, 3.8) is 0 Å². The lowest BCUT2D eigenvalue weighted by molar-refractivity contribution is -0.138. The van der Waals surface area contributed by atoms with Crippen molar-refractivity contribution in [3.8, 4) is 0 Å². The van der Waals surface area contributed by atoms with Crippen LogP contribution in [0.5, 0.6) is 0 Å². The molecule has 1 heterocycles. The van der Waals surface area contributed by atoms with Crippen molar-refractivity contribution in [3.05, 3.63) is 36.0 Å². The fourth-order valence-electron chi connectivity index (χ4n) is 3.57. The largest absolute Gasteiger partial charge is 0.380 e. The van der Waals surface area contributed by atoms with E-state index in [2.05, 4.69) is 10.3 Å². The Bertz CT molecular complexity index is 798. The second-order valence-electron chi connectivity index (χ2n) is 6.97. The molecule has 0 spiro atoms. The van der Waals surface area contributed by atoms with E-state index in [0.29, 0.717) is 19.4 Å². The first kappa shape index (κ1) is 20.8. The average Bonchev–Trinajstić information content (AvgIpc) is 3.07. The summed E-state index contributed by atoms with van der Waals surface area (Å²) in [7, 11) is 1.47. The molecule has 2 atom stereocenters. The second kappa shape index (κ2) is 9.46. The number of fused-ring (bicyclic) bond motifs is 1. The first-order valence-electron chi connectivity index (χ1n) is 9.26. The van der Waals surface area contributed by atoms with Crippen molar-refractivity contribution < 1.29 is 19.1 Å². The van der Waals surface area contributed by atoms with Crippen molar-refractivity contribution >= 4 is 28.9 Å². The highest BCUT2D eigenvalue weighted by Gasteiger charge is 2.39. The standard InChI is InChI=1S/C21H28N2O4/c1-4-21(14-24,12-15(2)25)19(27-3)11-20(26)22-10-9-16-13-23-18-8-6-5-7-17(16)18/h5-8,13-14,19,23H,4,9-12H2,1-3H3,(H,22,26)/t19-,21-/m0/s1. The number of benzene rings is 1. The molecule has 146 valence electrons. The monoisotopic (exact) mass is 372 g/mol. The van der Waals surface area contributed by atoms with Gasteiger partial charge < -0.3 is 19.8 Å². The average molecular weight is 372 g/mol. The Balaban J connectivity index is 1.94. The van der Waals surface area contributed by atoms with E-state index in [1.165, 1.54) is 14.0 Å². The van der Waals surface area contributed by atoms with E-state index in [-0.39, 0.29) is 24.5 Å². The molecule has 2 aromatic rings. The summed E-state index contributed by atoms with van der Waals surface area (Å²) in [6.07, 6.45) is 3.36. The number of carbonyl (C=O) groups is 3. The Labute approximate surface area is 159 Å². The Kier molecular flexibility index (Phi) is 7.30. The molecule has 0 bridgehead atoms. The maximum atomic E-state index is 12.4. The molecule has 2 rings (SSSR count). The van der Waals surface area contributed by atoms with Crippen LogP contribution in [0.3, 0.4) is 0 Å². The van der Waals surface area contributed by atoms with E-state index in [4.69, 9.17) is 4.74 Å². The van der Waals surface area contributed by atoms with E-state index in [1.807, 2.05) is 37.4 Å². The Morgan fingerprint density at radius 2 is 2.07 bits per heavy atom. The molecule has 0 aliphatic rings. The topological polar surface area (TPSA) is 88.3 Å². The van der Waals surface area contributed by atoms with Crippen LogP contribution in [0.1, 0.15) is 38.7 Å². The minimum Gasteiger partial charge on any atom is -0.380 e. The second-order valence-corrected chi connectivity index (χ2v) is 6.97. The zero-order chi connectivity index (χ0) is 19.9. The molecule has 0 fully saturated rings. The summed E-state index contributed by atoms with van der Waals surface area (Å²) >= 11 is 0. The highest BCUT2D eigenvalue weighted by atomic mass is 16.5. The highest BCUT2D eigenvalue weighted by Crippen LogP contribution is 2.32. The van der Waals surface area contributed by atoms with Gasteiger partial charge in [0.25, 0.3) is 0 Å². The maximum Gasteiger partial charge on any atom is 0.222 e.